The van der Waals surface area contributed by atoms with Crippen molar-refractivity contribution in [3.8, 4) is 0 Å². The molecule has 0 bridgehead atoms. The smallest absolute Gasteiger partial charge is 0.243 e. The highest BCUT2D eigenvalue weighted by atomic mass is 16.2. The molecule has 1 fully saturated rings. The number of aryl methyl sites for hydroxylation is 2. The van der Waals surface area contributed by atoms with Crippen LogP contribution in [0.4, 0.5) is 0 Å². The van der Waals surface area contributed by atoms with Crippen molar-refractivity contribution < 1.29 is 9.59 Å². The van der Waals surface area contributed by atoms with Gasteiger partial charge < -0.3 is 10.2 Å². The molecule has 1 aromatic rings. The topological polar surface area (TPSA) is 67.2 Å². The number of rotatable bonds is 5. The monoisotopic (exact) mass is 292 g/mol. The standard InChI is InChI=1S/C15H24N4O2/c1-5-11-7-12(19(6-2)17-11)9-18-13(20)8-16-15(21)14(18)10(3)4/h7,10,14H,5-6,8-9H2,1-4H3,(H,16,21). The number of nitrogens with one attached hydrogen (secondary N) is 1. The van der Waals surface area contributed by atoms with Crippen LogP contribution in [0.5, 0.6) is 0 Å². The minimum Gasteiger partial charge on any atom is -0.345 e. The summed E-state index contributed by atoms with van der Waals surface area (Å²) in [5, 5.41) is 7.18. The molecule has 1 aliphatic heterocycles. The number of piperazine rings is 1. The Morgan fingerprint density at radius 2 is 2.10 bits per heavy atom. The van der Waals surface area contributed by atoms with Crippen LogP contribution < -0.4 is 5.32 Å². The van der Waals surface area contributed by atoms with E-state index in [0.29, 0.717) is 6.54 Å². The summed E-state index contributed by atoms with van der Waals surface area (Å²) >= 11 is 0. The minimum atomic E-state index is -0.406. The fraction of sp³-hybridized carbons (Fsp3) is 0.667. The van der Waals surface area contributed by atoms with Gasteiger partial charge in [-0.15, -0.1) is 0 Å². The number of aromatic nitrogens is 2. The van der Waals surface area contributed by atoms with E-state index in [9.17, 15) is 9.59 Å². The van der Waals surface area contributed by atoms with Gasteiger partial charge in [0, 0.05) is 6.54 Å². The Labute approximate surface area is 125 Å². The first kappa shape index (κ1) is 15.5. The molecule has 1 unspecified atom stereocenters. The molecule has 6 heteroatoms. The molecule has 2 heterocycles. The SMILES string of the molecule is CCc1cc(CN2C(=O)CNC(=O)C2C(C)C)n(CC)n1. The van der Waals surface area contributed by atoms with Gasteiger partial charge in [0.15, 0.2) is 0 Å². The number of carbonyl (C=O) groups is 2. The van der Waals surface area contributed by atoms with Gasteiger partial charge >= 0.3 is 0 Å². The highest BCUT2D eigenvalue weighted by Gasteiger charge is 2.36. The van der Waals surface area contributed by atoms with E-state index in [2.05, 4.69) is 17.3 Å². The maximum absolute atomic E-state index is 12.2. The molecule has 1 N–H and O–H groups in total. The molecule has 1 aromatic heterocycles. The van der Waals surface area contributed by atoms with Crippen molar-refractivity contribution in [3.63, 3.8) is 0 Å². The summed E-state index contributed by atoms with van der Waals surface area (Å²) in [6.07, 6.45) is 0.863. The van der Waals surface area contributed by atoms with E-state index in [4.69, 9.17) is 0 Å². The zero-order valence-electron chi connectivity index (χ0n) is 13.2. The van der Waals surface area contributed by atoms with Crippen LogP contribution in [0.2, 0.25) is 0 Å². The van der Waals surface area contributed by atoms with Crippen LogP contribution in [0.25, 0.3) is 0 Å². The normalized spacial score (nSPS) is 19.3. The Kier molecular flexibility index (Phi) is 4.65. The van der Waals surface area contributed by atoms with Gasteiger partial charge in [0.05, 0.1) is 24.5 Å². The van der Waals surface area contributed by atoms with Crippen molar-refractivity contribution in [2.45, 2.75) is 53.2 Å². The van der Waals surface area contributed by atoms with Gasteiger partial charge in [-0.3, -0.25) is 14.3 Å². The molecule has 0 aliphatic carbocycles. The number of hydrogen-bond acceptors (Lipinski definition) is 3. The van der Waals surface area contributed by atoms with Crippen LogP contribution in [-0.4, -0.2) is 39.1 Å². The summed E-state index contributed by atoms with van der Waals surface area (Å²) in [5.41, 5.74) is 2.00. The van der Waals surface area contributed by atoms with Gasteiger partial charge in [-0.05, 0) is 25.3 Å². The van der Waals surface area contributed by atoms with E-state index in [1.807, 2.05) is 31.5 Å². The zero-order chi connectivity index (χ0) is 15.6. The summed E-state index contributed by atoms with van der Waals surface area (Å²) in [4.78, 5) is 26.0. The zero-order valence-corrected chi connectivity index (χ0v) is 13.2. The summed E-state index contributed by atoms with van der Waals surface area (Å²) in [5.74, 6) is -0.0176. The Bertz CT molecular complexity index is 536. The van der Waals surface area contributed by atoms with Crippen LogP contribution in [-0.2, 0) is 29.1 Å². The van der Waals surface area contributed by atoms with Gasteiger partial charge in [-0.1, -0.05) is 20.8 Å². The second kappa shape index (κ2) is 6.28. The van der Waals surface area contributed by atoms with E-state index >= 15 is 0 Å². The third-order valence-electron chi connectivity index (χ3n) is 3.88. The fourth-order valence-electron chi connectivity index (χ4n) is 2.78. The summed E-state index contributed by atoms with van der Waals surface area (Å²) in [7, 11) is 0. The van der Waals surface area contributed by atoms with Crippen LogP contribution in [0, 0.1) is 5.92 Å². The van der Waals surface area contributed by atoms with Gasteiger partial charge in [-0.25, -0.2) is 0 Å². The van der Waals surface area contributed by atoms with Crippen LogP contribution in [0.15, 0.2) is 6.07 Å². The minimum absolute atomic E-state index is 0.0322. The Morgan fingerprint density at radius 1 is 1.38 bits per heavy atom. The molecular formula is C15H24N4O2. The number of carbonyl (C=O) groups excluding carboxylic acids is 2. The molecule has 0 aromatic carbocycles. The van der Waals surface area contributed by atoms with Crippen molar-refractivity contribution in [3.05, 3.63) is 17.5 Å². The molecule has 0 radical (unpaired) electrons. The van der Waals surface area contributed by atoms with E-state index in [-0.39, 0.29) is 24.3 Å². The van der Waals surface area contributed by atoms with Crippen molar-refractivity contribution in [2.75, 3.05) is 6.54 Å². The van der Waals surface area contributed by atoms with E-state index in [1.54, 1.807) is 4.90 Å². The lowest BCUT2D eigenvalue weighted by Gasteiger charge is -2.37. The molecule has 1 atom stereocenters. The average molecular weight is 292 g/mol. The van der Waals surface area contributed by atoms with Crippen molar-refractivity contribution in [1.29, 1.82) is 0 Å². The van der Waals surface area contributed by atoms with Crippen molar-refractivity contribution >= 4 is 11.8 Å². The summed E-state index contributed by atoms with van der Waals surface area (Å²) < 4.78 is 1.91. The molecule has 0 spiro atoms. The maximum atomic E-state index is 12.2. The first-order chi connectivity index (χ1) is 9.97. The fourth-order valence-corrected chi connectivity index (χ4v) is 2.78. The predicted molar refractivity (Wildman–Crippen MR) is 79.5 cm³/mol. The van der Waals surface area contributed by atoms with E-state index in [0.717, 1.165) is 24.4 Å². The summed E-state index contributed by atoms with van der Waals surface area (Å²) in [6.45, 7) is 9.30. The van der Waals surface area contributed by atoms with Gasteiger partial charge in [-0.2, -0.15) is 5.10 Å². The lowest BCUT2D eigenvalue weighted by molar-refractivity contribution is -0.148. The lowest BCUT2D eigenvalue weighted by Crippen LogP contribution is -2.59. The quantitative estimate of drug-likeness (QED) is 0.878. The molecule has 2 amide bonds. The van der Waals surface area contributed by atoms with Crippen molar-refractivity contribution in [1.82, 2.24) is 20.0 Å². The molecule has 116 valence electrons. The number of hydrogen-bond donors (Lipinski definition) is 1. The van der Waals surface area contributed by atoms with Crippen LogP contribution in [0.3, 0.4) is 0 Å². The molecule has 21 heavy (non-hydrogen) atoms. The molecule has 1 saturated heterocycles. The molecule has 0 saturated carbocycles. The van der Waals surface area contributed by atoms with E-state index < -0.39 is 6.04 Å². The maximum Gasteiger partial charge on any atom is 0.243 e. The van der Waals surface area contributed by atoms with Crippen LogP contribution in [0.1, 0.15) is 39.1 Å². The average Bonchev–Trinajstić information content (AvgIpc) is 2.84. The Balaban J connectivity index is 2.28. The van der Waals surface area contributed by atoms with Crippen molar-refractivity contribution in [2.24, 2.45) is 5.92 Å². The third kappa shape index (κ3) is 3.09. The molecule has 1 aliphatic rings. The Morgan fingerprint density at radius 3 is 2.67 bits per heavy atom. The second-order valence-corrected chi connectivity index (χ2v) is 5.72. The highest BCUT2D eigenvalue weighted by Crippen LogP contribution is 2.19. The first-order valence-electron chi connectivity index (χ1n) is 7.60. The number of nitrogens with zero attached hydrogens (tertiary/aromatic N) is 3. The Hall–Kier alpha value is -1.85. The summed E-state index contributed by atoms with van der Waals surface area (Å²) in [6, 6.07) is 1.62. The van der Waals surface area contributed by atoms with Gasteiger partial charge in [0.25, 0.3) is 0 Å². The predicted octanol–water partition coefficient (Wildman–Crippen LogP) is 0.948. The molecule has 2 rings (SSSR count). The highest BCUT2D eigenvalue weighted by molar-refractivity contribution is 5.94. The van der Waals surface area contributed by atoms with Gasteiger partial charge in [0.1, 0.15) is 6.04 Å². The third-order valence-corrected chi connectivity index (χ3v) is 3.88. The first-order valence-corrected chi connectivity index (χ1v) is 7.60. The molecule has 6 nitrogen and oxygen atoms in total. The largest absolute Gasteiger partial charge is 0.345 e. The molecular weight excluding hydrogens is 268 g/mol. The lowest BCUT2D eigenvalue weighted by atomic mass is 9.99. The van der Waals surface area contributed by atoms with Crippen LogP contribution >= 0.6 is 0 Å². The van der Waals surface area contributed by atoms with Gasteiger partial charge in [0.2, 0.25) is 11.8 Å². The van der Waals surface area contributed by atoms with E-state index in [1.165, 1.54) is 0 Å². The second-order valence-electron chi connectivity index (χ2n) is 5.72. The number of amides is 2.